The molecule has 2 N–H and O–H groups in total. The molecule has 92 valence electrons. The van der Waals surface area contributed by atoms with E-state index < -0.39 is 6.10 Å². The minimum Gasteiger partial charge on any atom is -0.378 e. The van der Waals surface area contributed by atoms with E-state index in [1.165, 1.54) is 23.0 Å². The van der Waals surface area contributed by atoms with Crippen molar-refractivity contribution in [2.75, 3.05) is 11.9 Å². The molecule has 2 aromatic rings. The lowest BCUT2D eigenvalue weighted by Crippen LogP contribution is -2.23. The average Bonchev–Trinajstić information content (AvgIpc) is 2.95. The van der Waals surface area contributed by atoms with Crippen LogP contribution in [-0.4, -0.2) is 33.2 Å². The summed E-state index contributed by atoms with van der Waals surface area (Å²) in [5, 5.41) is 16.9. The van der Waals surface area contributed by atoms with Gasteiger partial charge in [0.25, 0.3) is 5.91 Å². The molecule has 0 saturated heterocycles. The number of nitrogens with one attached hydrogen (secondary N) is 1. The average molecular weight is 262 g/mol. The van der Waals surface area contributed by atoms with Crippen LogP contribution in [0.25, 0.3) is 0 Å². The third kappa shape index (κ3) is 1.68. The Morgan fingerprint density at radius 1 is 1.50 bits per heavy atom. The Bertz CT molecular complexity index is 599. The maximum absolute atomic E-state index is 11.6. The number of H-pyrrole nitrogens is 1. The van der Waals surface area contributed by atoms with E-state index in [1.807, 2.05) is 12.1 Å². The zero-order valence-corrected chi connectivity index (χ0v) is 10.3. The van der Waals surface area contributed by atoms with Gasteiger partial charge in [0.05, 0.1) is 5.69 Å². The van der Waals surface area contributed by atoms with Crippen molar-refractivity contribution in [1.29, 1.82) is 0 Å². The van der Waals surface area contributed by atoms with Crippen molar-refractivity contribution in [2.24, 2.45) is 0 Å². The van der Waals surface area contributed by atoms with Crippen LogP contribution in [0.5, 0.6) is 0 Å². The van der Waals surface area contributed by atoms with Crippen molar-refractivity contribution in [2.45, 2.75) is 16.2 Å². The van der Waals surface area contributed by atoms with E-state index in [9.17, 15) is 9.90 Å². The first-order valence-corrected chi connectivity index (χ1v) is 6.11. The first-order valence-electron chi connectivity index (χ1n) is 5.29. The van der Waals surface area contributed by atoms with Gasteiger partial charge in [0.2, 0.25) is 0 Å². The number of aliphatic hydroxyl groups is 1. The van der Waals surface area contributed by atoms with Crippen molar-refractivity contribution in [3.8, 4) is 0 Å². The van der Waals surface area contributed by atoms with E-state index >= 15 is 0 Å². The Balaban J connectivity index is 1.95. The fraction of sp³-hybridized carbons (Fsp3) is 0.182. The maximum atomic E-state index is 11.6. The molecule has 1 aliphatic rings. The Labute approximate surface area is 107 Å². The van der Waals surface area contributed by atoms with Gasteiger partial charge in [-0.05, 0) is 12.1 Å². The molecule has 3 rings (SSSR count). The predicted molar refractivity (Wildman–Crippen MR) is 65.3 cm³/mol. The highest BCUT2D eigenvalue weighted by Gasteiger charge is 2.33. The second-order valence-electron chi connectivity index (χ2n) is 3.91. The van der Waals surface area contributed by atoms with Gasteiger partial charge in [0, 0.05) is 17.5 Å². The fourth-order valence-electron chi connectivity index (χ4n) is 1.90. The summed E-state index contributed by atoms with van der Waals surface area (Å²) >= 11 is 1.42. The zero-order valence-electron chi connectivity index (χ0n) is 9.49. The normalized spacial score (nSPS) is 18.2. The zero-order chi connectivity index (χ0) is 12.7. The summed E-state index contributed by atoms with van der Waals surface area (Å²) in [6.45, 7) is 0. The van der Waals surface area contributed by atoms with Gasteiger partial charge < -0.3 is 10.0 Å². The van der Waals surface area contributed by atoms with Crippen LogP contribution in [0.3, 0.4) is 0 Å². The van der Waals surface area contributed by atoms with Crippen LogP contribution in [0.1, 0.15) is 11.7 Å². The molecule has 7 heteroatoms. The molecule has 6 nitrogen and oxygen atoms in total. The highest BCUT2D eigenvalue weighted by Crippen LogP contribution is 2.38. The van der Waals surface area contributed by atoms with Gasteiger partial charge in [-0.3, -0.25) is 9.89 Å². The second-order valence-corrected chi connectivity index (χ2v) is 4.98. The van der Waals surface area contributed by atoms with Crippen LogP contribution in [0.4, 0.5) is 5.69 Å². The third-order valence-corrected chi connectivity index (χ3v) is 3.71. The Morgan fingerprint density at radius 3 is 3.06 bits per heavy atom. The van der Waals surface area contributed by atoms with Gasteiger partial charge in [-0.25, -0.2) is 4.98 Å². The molecule has 1 amide bonds. The van der Waals surface area contributed by atoms with E-state index in [0.717, 1.165) is 10.6 Å². The number of anilines is 1. The minimum absolute atomic E-state index is 0.299. The summed E-state index contributed by atoms with van der Waals surface area (Å²) in [7, 11) is 1.65. The molecule has 1 unspecified atom stereocenters. The van der Waals surface area contributed by atoms with Gasteiger partial charge in [0.1, 0.15) is 6.33 Å². The highest BCUT2D eigenvalue weighted by molar-refractivity contribution is 7.99. The molecule has 1 aliphatic heterocycles. The first kappa shape index (κ1) is 11.2. The number of aromatic nitrogens is 3. The lowest BCUT2D eigenvalue weighted by molar-refractivity contribution is -0.125. The van der Waals surface area contributed by atoms with Gasteiger partial charge >= 0.3 is 0 Å². The minimum atomic E-state index is -1.05. The molecule has 2 heterocycles. The van der Waals surface area contributed by atoms with Gasteiger partial charge in [0.15, 0.2) is 11.3 Å². The Hall–Kier alpha value is -1.86. The summed E-state index contributed by atoms with van der Waals surface area (Å²) in [6.07, 6.45) is 0.393. The van der Waals surface area contributed by atoms with Crippen LogP contribution in [0.15, 0.2) is 34.6 Å². The van der Waals surface area contributed by atoms with E-state index in [1.54, 1.807) is 13.1 Å². The number of aromatic amines is 1. The van der Waals surface area contributed by atoms with Crippen LogP contribution in [0.2, 0.25) is 0 Å². The van der Waals surface area contributed by atoms with Crippen molar-refractivity contribution >= 4 is 23.4 Å². The molecule has 0 bridgehead atoms. The quantitative estimate of drug-likeness (QED) is 0.842. The number of rotatable bonds is 2. The van der Waals surface area contributed by atoms with E-state index in [-0.39, 0.29) is 5.91 Å². The number of hydrogen-bond donors (Lipinski definition) is 2. The smallest absolute Gasteiger partial charge is 0.260 e. The van der Waals surface area contributed by atoms with Crippen molar-refractivity contribution in [1.82, 2.24) is 15.2 Å². The Kier molecular flexibility index (Phi) is 2.57. The van der Waals surface area contributed by atoms with Gasteiger partial charge in [-0.2, -0.15) is 5.10 Å². The standard InChI is InChI=1S/C11H10N4O2S/c1-15-8-4-6(18-11-12-5-13-14-11)2-3-7(8)9(16)10(15)17/h2-5,9,16H,1H3,(H,12,13,14). The molecule has 0 spiro atoms. The molecule has 1 aromatic heterocycles. The highest BCUT2D eigenvalue weighted by atomic mass is 32.2. The maximum Gasteiger partial charge on any atom is 0.260 e. The molecule has 1 atom stereocenters. The summed E-state index contributed by atoms with van der Waals surface area (Å²) < 4.78 is 0. The summed E-state index contributed by atoms with van der Waals surface area (Å²) in [5.74, 6) is -0.299. The van der Waals surface area contributed by atoms with Gasteiger partial charge in [-0.1, -0.05) is 17.8 Å². The number of hydrogen-bond acceptors (Lipinski definition) is 5. The van der Waals surface area contributed by atoms with E-state index in [4.69, 9.17) is 0 Å². The molecule has 0 aliphatic carbocycles. The first-order chi connectivity index (χ1) is 8.66. The lowest BCUT2D eigenvalue weighted by atomic mass is 10.1. The summed E-state index contributed by atoms with van der Waals surface area (Å²) in [5.41, 5.74) is 1.38. The SMILES string of the molecule is CN1C(=O)C(O)c2ccc(Sc3ncn[nH]3)cc21. The van der Waals surface area contributed by atoms with E-state index in [2.05, 4.69) is 15.2 Å². The van der Waals surface area contributed by atoms with Crippen LogP contribution in [-0.2, 0) is 4.79 Å². The van der Waals surface area contributed by atoms with E-state index in [0.29, 0.717) is 10.7 Å². The van der Waals surface area contributed by atoms with Crippen molar-refractivity contribution in [3.05, 3.63) is 30.1 Å². The third-order valence-electron chi connectivity index (χ3n) is 2.83. The van der Waals surface area contributed by atoms with Gasteiger partial charge in [-0.15, -0.1) is 0 Å². The van der Waals surface area contributed by atoms with Crippen LogP contribution >= 0.6 is 11.8 Å². The number of aliphatic hydroxyl groups excluding tert-OH is 1. The predicted octanol–water partition coefficient (Wildman–Crippen LogP) is 0.966. The molecular weight excluding hydrogens is 252 g/mol. The molecular formula is C11H10N4O2S. The number of likely N-dealkylation sites (N-methyl/N-ethyl adjacent to an activating group) is 1. The summed E-state index contributed by atoms with van der Waals surface area (Å²) in [6, 6.07) is 5.47. The Morgan fingerprint density at radius 2 is 2.33 bits per heavy atom. The van der Waals surface area contributed by atoms with Crippen molar-refractivity contribution < 1.29 is 9.90 Å². The lowest BCUT2D eigenvalue weighted by Gasteiger charge is -2.10. The number of carbonyl (C=O) groups excluding carboxylic acids is 1. The number of benzene rings is 1. The number of amides is 1. The fourth-order valence-corrected chi connectivity index (χ4v) is 2.63. The molecule has 0 radical (unpaired) electrons. The number of nitrogens with zero attached hydrogens (tertiary/aromatic N) is 3. The largest absolute Gasteiger partial charge is 0.378 e. The number of carbonyl (C=O) groups is 1. The summed E-state index contributed by atoms with van der Waals surface area (Å²) in [4.78, 5) is 18.0. The molecule has 18 heavy (non-hydrogen) atoms. The second kappa shape index (κ2) is 4.11. The monoisotopic (exact) mass is 262 g/mol. The van der Waals surface area contributed by atoms with Crippen LogP contribution < -0.4 is 4.90 Å². The van der Waals surface area contributed by atoms with Crippen LogP contribution in [0, 0.1) is 0 Å². The number of fused-ring (bicyclic) bond motifs is 1. The van der Waals surface area contributed by atoms with Crippen molar-refractivity contribution in [3.63, 3.8) is 0 Å². The molecule has 1 aromatic carbocycles. The molecule has 0 fully saturated rings. The molecule has 0 saturated carbocycles. The topological polar surface area (TPSA) is 82.1 Å².